The van der Waals surface area contributed by atoms with Crippen molar-refractivity contribution in [3.05, 3.63) is 124 Å². The molecule has 2 N–H and O–H groups in total. The molecular weight excluding hydrogens is 568 g/mol. The van der Waals surface area contributed by atoms with E-state index < -0.39 is 22.9 Å². The van der Waals surface area contributed by atoms with Gasteiger partial charge in [-0.2, -0.15) is 13.2 Å². The van der Waals surface area contributed by atoms with E-state index in [0.717, 1.165) is 17.7 Å². The minimum Gasteiger partial charge on any atom is -0.326 e. The maximum Gasteiger partial charge on any atom is 0.418 e. The van der Waals surface area contributed by atoms with E-state index in [-0.39, 0.29) is 23.0 Å². The molecule has 0 radical (unpaired) electrons. The number of carbonyl (C=O) groups excluding carboxylic acids is 2. The van der Waals surface area contributed by atoms with E-state index in [1.165, 1.54) is 17.8 Å². The molecule has 0 aliphatic carbocycles. The minimum atomic E-state index is -4.70. The first-order valence-electron chi connectivity index (χ1n) is 11.6. The van der Waals surface area contributed by atoms with E-state index in [4.69, 9.17) is 23.2 Å². The summed E-state index contributed by atoms with van der Waals surface area (Å²) in [5, 5.41) is 4.89. The molecule has 4 aromatic carbocycles. The topological polar surface area (TPSA) is 58.2 Å². The summed E-state index contributed by atoms with van der Waals surface area (Å²) in [5.41, 5.74) is 0.587. The van der Waals surface area contributed by atoms with Crippen molar-refractivity contribution in [2.75, 3.05) is 10.6 Å². The van der Waals surface area contributed by atoms with Crippen molar-refractivity contribution >= 4 is 58.2 Å². The predicted octanol–water partition coefficient (Wildman–Crippen LogP) is 8.67. The summed E-state index contributed by atoms with van der Waals surface area (Å²) >= 11 is 12.8. The molecule has 0 saturated heterocycles. The SMILES string of the molecule is O=C(Cc1ccc(Cl)cc1)Nc1ccc(SC(C(=O)Nc2ccc(Cl)cc2C(F)(F)F)c2ccccc2)cc1. The Bertz CT molecular complexity index is 1450. The quantitative estimate of drug-likeness (QED) is 0.202. The number of amides is 2. The van der Waals surface area contributed by atoms with Gasteiger partial charge in [-0.3, -0.25) is 9.59 Å². The first kappa shape index (κ1) is 28.5. The van der Waals surface area contributed by atoms with Gasteiger partial charge >= 0.3 is 6.18 Å². The Labute approximate surface area is 237 Å². The van der Waals surface area contributed by atoms with Gasteiger partial charge in [-0.25, -0.2) is 0 Å². The lowest BCUT2D eigenvalue weighted by Gasteiger charge is -2.19. The standard InChI is InChI=1S/C29H21Cl2F3N2O2S/c30-20-8-6-18(7-9-20)16-26(37)35-22-11-13-23(14-12-22)39-27(19-4-2-1-3-5-19)28(38)36-25-15-10-21(31)17-24(25)29(32,33)34/h1-15,17,27H,16H2,(H,35,37)(H,36,38). The lowest BCUT2D eigenvalue weighted by Crippen LogP contribution is -2.21. The van der Waals surface area contributed by atoms with Gasteiger partial charge in [-0.15, -0.1) is 11.8 Å². The average molecular weight is 589 g/mol. The van der Waals surface area contributed by atoms with Crippen LogP contribution >= 0.6 is 35.0 Å². The van der Waals surface area contributed by atoms with Crippen LogP contribution in [0, 0.1) is 0 Å². The van der Waals surface area contributed by atoms with Gasteiger partial charge in [0.25, 0.3) is 0 Å². The van der Waals surface area contributed by atoms with Gasteiger partial charge in [0, 0.05) is 20.6 Å². The molecule has 39 heavy (non-hydrogen) atoms. The third kappa shape index (κ3) is 8.02. The number of hydrogen-bond acceptors (Lipinski definition) is 3. The molecule has 1 atom stereocenters. The minimum absolute atomic E-state index is 0.0883. The lowest BCUT2D eigenvalue weighted by atomic mass is 10.1. The van der Waals surface area contributed by atoms with Gasteiger partial charge in [0.05, 0.1) is 17.7 Å². The maximum atomic E-state index is 13.6. The van der Waals surface area contributed by atoms with Crippen LogP contribution in [-0.2, 0) is 22.2 Å². The molecule has 10 heteroatoms. The van der Waals surface area contributed by atoms with E-state index >= 15 is 0 Å². The summed E-state index contributed by atoms with van der Waals surface area (Å²) in [4.78, 5) is 26.4. The van der Waals surface area contributed by atoms with Crippen molar-refractivity contribution in [1.82, 2.24) is 0 Å². The van der Waals surface area contributed by atoms with Gasteiger partial charge < -0.3 is 10.6 Å². The molecule has 4 aromatic rings. The number of thioether (sulfide) groups is 1. The molecule has 0 fully saturated rings. The fourth-order valence-electron chi connectivity index (χ4n) is 3.70. The third-order valence-corrected chi connectivity index (χ3v) is 7.31. The highest BCUT2D eigenvalue weighted by atomic mass is 35.5. The molecule has 1 unspecified atom stereocenters. The first-order chi connectivity index (χ1) is 18.6. The van der Waals surface area contributed by atoms with Crippen LogP contribution in [0.2, 0.25) is 10.0 Å². The van der Waals surface area contributed by atoms with E-state index in [1.807, 2.05) is 0 Å². The van der Waals surface area contributed by atoms with Crippen LogP contribution < -0.4 is 10.6 Å². The summed E-state index contributed by atoms with van der Waals surface area (Å²) in [6.45, 7) is 0. The van der Waals surface area contributed by atoms with E-state index in [9.17, 15) is 22.8 Å². The molecule has 0 heterocycles. The molecule has 0 aliphatic rings. The van der Waals surface area contributed by atoms with Crippen molar-refractivity contribution in [1.29, 1.82) is 0 Å². The van der Waals surface area contributed by atoms with E-state index in [0.29, 0.717) is 21.2 Å². The fraction of sp³-hybridized carbons (Fsp3) is 0.103. The van der Waals surface area contributed by atoms with Gasteiger partial charge in [-0.05, 0) is 65.7 Å². The normalized spacial score (nSPS) is 12.0. The number of nitrogens with one attached hydrogen (secondary N) is 2. The summed E-state index contributed by atoms with van der Waals surface area (Å²) in [5.74, 6) is -0.831. The monoisotopic (exact) mass is 588 g/mol. The smallest absolute Gasteiger partial charge is 0.326 e. The van der Waals surface area contributed by atoms with Gasteiger partial charge in [0.1, 0.15) is 5.25 Å². The summed E-state index contributed by atoms with van der Waals surface area (Å²) in [7, 11) is 0. The molecule has 0 aromatic heterocycles. The Hall–Kier alpha value is -3.46. The molecular formula is C29H21Cl2F3N2O2S. The lowest BCUT2D eigenvalue weighted by molar-refractivity contribution is -0.137. The average Bonchev–Trinajstić information content (AvgIpc) is 2.90. The molecule has 200 valence electrons. The predicted molar refractivity (Wildman–Crippen MR) is 150 cm³/mol. The second-order valence-electron chi connectivity index (χ2n) is 8.46. The Morgan fingerprint density at radius 3 is 2.08 bits per heavy atom. The number of anilines is 2. The Balaban J connectivity index is 1.49. The second kappa shape index (κ2) is 12.6. The number of halogens is 5. The van der Waals surface area contributed by atoms with Crippen LogP contribution in [0.15, 0.2) is 102 Å². The van der Waals surface area contributed by atoms with Crippen LogP contribution in [0.5, 0.6) is 0 Å². The number of alkyl halides is 3. The fourth-order valence-corrected chi connectivity index (χ4v) is 5.03. The molecule has 0 spiro atoms. The van der Waals surface area contributed by atoms with Gasteiger partial charge in [0.15, 0.2) is 0 Å². The number of hydrogen-bond donors (Lipinski definition) is 2. The van der Waals surface area contributed by atoms with Gasteiger partial charge in [-0.1, -0.05) is 65.7 Å². The Kier molecular flexibility index (Phi) is 9.22. The maximum absolute atomic E-state index is 13.6. The largest absolute Gasteiger partial charge is 0.418 e. The zero-order chi connectivity index (χ0) is 28.0. The Morgan fingerprint density at radius 1 is 0.795 bits per heavy atom. The van der Waals surface area contributed by atoms with Crippen LogP contribution in [0.4, 0.5) is 24.5 Å². The summed E-state index contributed by atoms with van der Waals surface area (Å²) < 4.78 is 40.7. The highest BCUT2D eigenvalue weighted by Crippen LogP contribution is 2.40. The second-order valence-corrected chi connectivity index (χ2v) is 10.5. The van der Waals surface area contributed by atoms with Crippen LogP contribution in [0.1, 0.15) is 21.9 Å². The molecule has 0 bridgehead atoms. The zero-order valence-corrected chi connectivity index (χ0v) is 22.5. The molecule has 0 saturated carbocycles. The van der Waals surface area contributed by atoms with E-state index in [1.54, 1.807) is 78.9 Å². The number of rotatable bonds is 8. The number of benzene rings is 4. The first-order valence-corrected chi connectivity index (χ1v) is 13.3. The highest BCUT2D eigenvalue weighted by molar-refractivity contribution is 8.00. The van der Waals surface area contributed by atoms with Gasteiger partial charge in [0.2, 0.25) is 11.8 Å². The number of carbonyl (C=O) groups is 2. The van der Waals surface area contributed by atoms with Crippen LogP contribution in [0.3, 0.4) is 0 Å². The van der Waals surface area contributed by atoms with Crippen LogP contribution in [-0.4, -0.2) is 11.8 Å². The van der Waals surface area contributed by atoms with Crippen molar-refractivity contribution in [2.45, 2.75) is 22.7 Å². The van der Waals surface area contributed by atoms with E-state index in [2.05, 4.69) is 10.6 Å². The summed E-state index contributed by atoms with van der Waals surface area (Å²) in [6.07, 6.45) is -4.52. The molecule has 4 nitrogen and oxygen atoms in total. The molecule has 0 aliphatic heterocycles. The molecule has 2 amide bonds. The molecule has 4 rings (SSSR count). The third-order valence-electron chi connectivity index (χ3n) is 5.56. The van der Waals surface area contributed by atoms with Crippen molar-refractivity contribution in [2.24, 2.45) is 0 Å². The Morgan fingerprint density at radius 2 is 1.44 bits per heavy atom. The van der Waals surface area contributed by atoms with Crippen molar-refractivity contribution in [3.8, 4) is 0 Å². The summed E-state index contributed by atoms with van der Waals surface area (Å²) in [6, 6.07) is 25.8. The van der Waals surface area contributed by atoms with Crippen molar-refractivity contribution < 1.29 is 22.8 Å². The zero-order valence-electron chi connectivity index (χ0n) is 20.1. The van der Waals surface area contributed by atoms with Crippen molar-refractivity contribution in [3.63, 3.8) is 0 Å². The van der Waals surface area contributed by atoms with Crippen LogP contribution in [0.25, 0.3) is 0 Å². The highest BCUT2D eigenvalue weighted by Gasteiger charge is 2.35.